The highest BCUT2D eigenvalue weighted by Crippen LogP contribution is 2.13. The minimum absolute atomic E-state index is 0.475. The third-order valence-corrected chi connectivity index (χ3v) is 3.50. The highest BCUT2D eigenvalue weighted by Gasteiger charge is 2.05. The van der Waals surface area contributed by atoms with E-state index in [-0.39, 0.29) is 0 Å². The van der Waals surface area contributed by atoms with Gasteiger partial charge in [0.25, 0.3) is 0 Å². The van der Waals surface area contributed by atoms with Gasteiger partial charge in [-0.3, -0.25) is 9.36 Å². The maximum atomic E-state index is 4.43. The molecule has 22 heavy (non-hydrogen) atoms. The fraction of sp³-hybridized carbons (Fsp3) is 0.667. The molecule has 0 N–H and O–H groups in total. The molecule has 2 aromatic rings. The van der Waals surface area contributed by atoms with Gasteiger partial charge in [-0.25, -0.2) is 0 Å². The van der Waals surface area contributed by atoms with Gasteiger partial charge in [-0.2, -0.15) is 10.2 Å². The van der Waals surface area contributed by atoms with Crippen molar-refractivity contribution in [2.75, 3.05) is 0 Å². The minimum atomic E-state index is 0.475. The molecule has 0 aliphatic heterocycles. The average molecular weight is 304 g/mol. The normalized spacial score (nSPS) is 11.5. The first-order chi connectivity index (χ1) is 10.2. The molecule has 4 nitrogen and oxygen atoms in total. The van der Waals surface area contributed by atoms with Crippen LogP contribution in [0.4, 0.5) is 0 Å². The van der Waals surface area contributed by atoms with Crippen LogP contribution in [-0.4, -0.2) is 19.6 Å². The van der Waals surface area contributed by atoms with Crippen LogP contribution in [0.2, 0.25) is 0 Å². The van der Waals surface area contributed by atoms with Gasteiger partial charge in [0, 0.05) is 24.5 Å². The second-order valence-corrected chi connectivity index (χ2v) is 6.94. The maximum absolute atomic E-state index is 4.43. The first-order valence-electron chi connectivity index (χ1n) is 8.32. The van der Waals surface area contributed by atoms with Crippen molar-refractivity contribution in [3.63, 3.8) is 0 Å². The maximum Gasteiger partial charge on any atom is 0.0650 e. The SMILES string of the molecule is CC(C)c1ccn(C(C)C)n1.CC(C)c1ccn(C(C)C)n1. The molecule has 0 spiro atoms. The van der Waals surface area contributed by atoms with Gasteiger partial charge >= 0.3 is 0 Å². The Morgan fingerprint density at radius 3 is 1.09 bits per heavy atom. The largest absolute Gasteiger partial charge is 0.270 e. The Kier molecular flexibility index (Phi) is 6.85. The number of aromatic nitrogens is 4. The van der Waals surface area contributed by atoms with Crippen LogP contribution < -0.4 is 0 Å². The standard InChI is InChI=1S/2C9H16N2/c2*1-7(2)9-5-6-11(10-9)8(3)4/h2*5-8H,1-4H3. The molecule has 124 valence electrons. The van der Waals surface area contributed by atoms with Crippen molar-refractivity contribution in [3.8, 4) is 0 Å². The Labute approximate surface area is 135 Å². The molecule has 0 aromatic carbocycles. The first kappa shape index (κ1) is 18.5. The molecule has 0 fully saturated rings. The minimum Gasteiger partial charge on any atom is -0.270 e. The molecule has 0 unspecified atom stereocenters. The quantitative estimate of drug-likeness (QED) is 0.780. The van der Waals surface area contributed by atoms with Gasteiger partial charge in [0.05, 0.1) is 11.4 Å². The Morgan fingerprint density at radius 2 is 0.955 bits per heavy atom. The van der Waals surface area contributed by atoms with Gasteiger partial charge < -0.3 is 0 Å². The molecule has 0 bridgehead atoms. The summed E-state index contributed by atoms with van der Waals surface area (Å²) in [5.41, 5.74) is 2.36. The molecule has 0 radical (unpaired) electrons. The predicted molar refractivity (Wildman–Crippen MR) is 93.4 cm³/mol. The Morgan fingerprint density at radius 1 is 0.636 bits per heavy atom. The monoisotopic (exact) mass is 304 g/mol. The number of hydrogen-bond acceptors (Lipinski definition) is 2. The highest BCUT2D eigenvalue weighted by molar-refractivity contribution is 5.04. The Bertz CT molecular complexity index is 452. The summed E-state index contributed by atoms with van der Waals surface area (Å²) in [6, 6.07) is 5.12. The third kappa shape index (κ3) is 5.32. The average Bonchev–Trinajstić information content (AvgIpc) is 3.09. The Hall–Kier alpha value is -1.58. The predicted octanol–water partition coefficient (Wildman–Crippen LogP) is 5.17. The van der Waals surface area contributed by atoms with Gasteiger partial charge in [0.1, 0.15) is 0 Å². The molecule has 0 aliphatic rings. The zero-order valence-corrected chi connectivity index (χ0v) is 15.4. The van der Waals surface area contributed by atoms with Crippen molar-refractivity contribution < 1.29 is 0 Å². The summed E-state index contributed by atoms with van der Waals surface area (Å²) < 4.78 is 3.99. The van der Waals surface area contributed by atoms with Crippen molar-refractivity contribution in [2.24, 2.45) is 0 Å². The van der Waals surface area contributed by atoms with Gasteiger partial charge in [0.2, 0.25) is 0 Å². The molecular weight excluding hydrogens is 272 g/mol. The van der Waals surface area contributed by atoms with Gasteiger partial charge in [-0.05, 0) is 51.7 Å². The molecule has 0 saturated heterocycles. The van der Waals surface area contributed by atoms with E-state index in [1.807, 2.05) is 21.8 Å². The summed E-state index contributed by atoms with van der Waals surface area (Å²) in [5, 5.41) is 8.85. The molecule has 2 heterocycles. The molecule has 0 aliphatic carbocycles. The van der Waals surface area contributed by atoms with Crippen LogP contribution in [0, 0.1) is 0 Å². The smallest absolute Gasteiger partial charge is 0.0650 e. The zero-order chi connectivity index (χ0) is 16.9. The molecule has 0 saturated carbocycles. The van der Waals surface area contributed by atoms with E-state index < -0.39 is 0 Å². The van der Waals surface area contributed by atoms with Crippen LogP contribution in [0.25, 0.3) is 0 Å². The van der Waals surface area contributed by atoms with E-state index in [4.69, 9.17) is 0 Å². The van der Waals surface area contributed by atoms with Crippen molar-refractivity contribution in [2.45, 2.75) is 79.3 Å². The van der Waals surface area contributed by atoms with Crippen molar-refractivity contribution >= 4 is 0 Å². The van der Waals surface area contributed by atoms with E-state index in [1.54, 1.807) is 0 Å². The van der Waals surface area contributed by atoms with E-state index in [2.05, 4.69) is 77.7 Å². The topological polar surface area (TPSA) is 35.6 Å². The summed E-state index contributed by atoms with van der Waals surface area (Å²) in [4.78, 5) is 0. The second-order valence-electron chi connectivity index (χ2n) is 6.94. The van der Waals surface area contributed by atoms with Crippen molar-refractivity contribution in [3.05, 3.63) is 35.9 Å². The van der Waals surface area contributed by atoms with Crippen LogP contribution >= 0.6 is 0 Å². The second kappa shape index (κ2) is 8.16. The van der Waals surface area contributed by atoms with Crippen LogP contribution in [0.15, 0.2) is 24.5 Å². The highest BCUT2D eigenvalue weighted by atomic mass is 15.3. The van der Waals surface area contributed by atoms with Crippen molar-refractivity contribution in [1.82, 2.24) is 19.6 Å². The van der Waals surface area contributed by atoms with E-state index in [0.717, 1.165) is 0 Å². The fourth-order valence-electron chi connectivity index (χ4n) is 1.90. The first-order valence-corrected chi connectivity index (χ1v) is 8.32. The van der Waals surface area contributed by atoms with Gasteiger partial charge in [0.15, 0.2) is 0 Å². The number of rotatable bonds is 4. The summed E-state index contributed by atoms with van der Waals surface area (Å²) in [6.45, 7) is 17.2. The van der Waals surface area contributed by atoms with Gasteiger partial charge in [-0.1, -0.05) is 27.7 Å². The fourth-order valence-corrected chi connectivity index (χ4v) is 1.90. The third-order valence-electron chi connectivity index (χ3n) is 3.50. The zero-order valence-electron chi connectivity index (χ0n) is 15.4. The summed E-state index contributed by atoms with van der Waals surface area (Å²) >= 11 is 0. The lowest BCUT2D eigenvalue weighted by Gasteiger charge is -2.04. The van der Waals surface area contributed by atoms with E-state index in [0.29, 0.717) is 23.9 Å². The summed E-state index contributed by atoms with van der Waals surface area (Å²) in [6.07, 6.45) is 4.08. The van der Waals surface area contributed by atoms with E-state index in [9.17, 15) is 0 Å². The van der Waals surface area contributed by atoms with Crippen LogP contribution in [0.5, 0.6) is 0 Å². The van der Waals surface area contributed by atoms with E-state index in [1.165, 1.54) is 11.4 Å². The molecule has 0 atom stereocenters. The lowest BCUT2D eigenvalue weighted by molar-refractivity contribution is 0.523. The van der Waals surface area contributed by atoms with Crippen LogP contribution in [-0.2, 0) is 0 Å². The molecule has 0 amide bonds. The summed E-state index contributed by atoms with van der Waals surface area (Å²) in [5.74, 6) is 1.07. The summed E-state index contributed by atoms with van der Waals surface area (Å²) in [7, 11) is 0. The van der Waals surface area contributed by atoms with Crippen LogP contribution in [0.1, 0.15) is 90.7 Å². The lowest BCUT2D eigenvalue weighted by Crippen LogP contribution is -2.02. The van der Waals surface area contributed by atoms with Crippen LogP contribution in [0.3, 0.4) is 0 Å². The molecule has 4 heteroatoms. The Balaban J connectivity index is 0.000000220. The number of hydrogen-bond donors (Lipinski definition) is 0. The van der Waals surface area contributed by atoms with Gasteiger partial charge in [-0.15, -0.1) is 0 Å². The van der Waals surface area contributed by atoms with Crippen molar-refractivity contribution in [1.29, 1.82) is 0 Å². The molecule has 2 aromatic heterocycles. The lowest BCUT2D eigenvalue weighted by atomic mass is 10.1. The molecular formula is C18H32N4. The number of nitrogens with zero attached hydrogens (tertiary/aromatic N) is 4. The molecule has 2 rings (SSSR count). The van der Waals surface area contributed by atoms with E-state index >= 15 is 0 Å².